The van der Waals surface area contributed by atoms with Crippen LogP contribution < -0.4 is 20.3 Å². The Bertz CT molecular complexity index is 1100. The summed E-state index contributed by atoms with van der Waals surface area (Å²) in [5, 5.41) is 5.86. The molecule has 4 amide bonds. The molecular formula is C28H37N5O4. The van der Waals surface area contributed by atoms with Crippen molar-refractivity contribution in [1.29, 1.82) is 0 Å². The zero-order chi connectivity index (χ0) is 26.4. The highest BCUT2D eigenvalue weighted by Crippen LogP contribution is 2.28. The van der Waals surface area contributed by atoms with Crippen LogP contribution in [-0.2, 0) is 4.79 Å². The Kier molecular flexibility index (Phi) is 8.53. The molecule has 2 heterocycles. The maximum atomic E-state index is 13.6. The number of ether oxygens (including phenoxy) is 1. The number of hydrogen-bond acceptors (Lipinski definition) is 5. The number of methoxy groups -OCH3 is 1. The highest BCUT2D eigenvalue weighted by molar-refractivity contribution is 6.02. The topological polar surface area (TPSA) is 94.2 Å². The first-order valence-corrected chi connectivity index (χ1v) is 13.0. The summed E-state index contributed by atoms with van der Waals surface area (Å²) >= 11 is 0. The number of amides is 4. The van der Waals surface area contributed by atoms with Gasteiger partial charge in [-0.25, -0.2) is 4.79 Å². The van der Waals surface area contributed by atoms with Crippen molar-refractivity contribution in [1.82, 2.24) is 9.80 Å². The molecule has 2 fully saturated rings. The highest BCUT2D eigenvalue weighted by Gasteiger charge is 2.27. The Balaban J connectivity index is 1.46. The number of benzene rings is 2. The summed E-state index contributed by atoms with van der Waals surface area (Å²) in [6.07, 6.45) is 3.15. The van der Waals surface area contributed by atoms with Crippen LogP contribution in [0.5, 0.6) is 5.75 Å². The number of carbonyl (C=O) groups is 3. The molecule has 2 N–H and O–H groups in total. The Morgan fingerprint density at radius 2 is 1.43 bits per heavy atom. The maximum Gasteiger partial charge on any atom is 0.321 e. The Hall–Kier alpha value is -3.75. The summed E-state index contributed by atoms with van der Waals surface area (Å²) in [5.74, 6) is 0.491. The smallest absolute Gasteiger partial charge is 0.321 e. The molecule has 2 aliphatic rings. The summed E-state index contributed by atoms with van der Waals surface area (Å²) < 4.78 is 5.17. The molecule has 198 valence electrons. The molecule has 2 aromatic rings. The lowest BCUT2D eigenvalue weighted by molar-refractivity contribution is -0.118. The average molecular weight is 508 g/mol. The lowest BCUT2D eigenvalue weighted by atomic mass is 10.0. The maximum absolute atomic E-state index is 13.6. The molecular weight excluding hydrogens is 470 g/mol. The molecule has 0 saturated carbocycles. The van der Waals surface area contributed by atoms with E-state index in [1.54, 1.807) is 18.1 Å². The second kappa shape index (κ2) is 12.0. The molecule has 4 rings (SSSR count). The number of urea groups is 1. The second-order valence-electron chi connectivity index (χ2n) is 9.86. The molecule has 0 spiro atoms. The molecule has 0 aromatic heterocycles. The standard InChI is InChI=1S/C28H37N5O4/c1-20(2)26(34)29-22-9-12-25(24(19-22)27(35)32-13-5-4-6-14-32)31-15-17-33(18-16-31)28(36)30-21-7-10-23(37-3)11-8-21/h7-12,19-20H,4-6,13-18H2,1-3H3,(H,29,34)(H,30,36). The number of likely N-dealkylation sites (tertiary alicyclic amines) is 1. The van der Waals surface area contributed by atoms with Crippen LogP contribution in [0.1, 0.15) is 43.5 Å². The lowest BCUT2D eigenvalue weighted by Crippen LogP contribution is -2.50. The summed E-state index contributed by atoms with van der Waals surface area (Å²) in [5.41, 5.74) is 2.77. The van der Waals surface area contributed by atoms with Crippen molar-refractivity contribution < 1.29 is 19.1 Å². The second-order valence-corrected chi connectivity index (χ2v) is 9.86. The van der Waals surface area contributed by atoms with Gasteiger partial charge in [-0.1, -0.05) is 13.8 Å². The van der Waals surface area contributed by atoms with Crippen LogP contribution in [0.15, 0.2) is 42.5 Å². The van der Waals surface area contributed by atoms with Gasteiger partial charge in [0.25, 0.3) is 5.91 Å². The summed E-state index contributed by atoms with van der Waals surface area (Å²) in [6, 6.07) is 12.7. The summed E-state index contributed by atoms with van der Waals surface area (Å²) in [7, 11) is 1.60. The molecule has 0 aliphatic carbocycles. The number of rotatable bonds is 6. The minimum Gasteiger partial charge on any atom is -0.497 e. The monoisotopic (exact) mass is 507 g/mol. The first-order valence-electron chi connectivity index (χ1n) is 13.0. The van der Waals surface area contributed by atoms with Crippen molar-refractivity contribution in [2.24, 2.45) is 5.92 Å². The quantitative estimate of drug-likeness (QED) is 0.609. The minimum atomic E-state index is -0.155. The van der Waals surface area contributed by atoms with E-state index in [0.29, 0.717) is 43.1 Å². The number of carbonyl (C=O) groups excluding carboxylic acids is 3. The predicted molar refractivity (Wildman–Crippen MR) is 145 cm³/mol. The molecule has 0 radical (unpaired) electrons. The van der Waals surface area contributed by atoms with E-state index >= 15 is 0 Å². The third kappa shape index (κ3) is 6.53. The zero-order valence-electron chi connectivity index (χ0n) is 22.0. The zero-order valence-corrected chi connectivity index (χ0v) is 22.0. The fourth-order valence-electron chi connectivity index (χ4n) is 4.64. The first-order chi connectivity index (χ1) is 17.9. The van der Waals surface area contributed by atoms with Crippen molar-refractivity contribution in [3.63, 3.8) is 0 Å². The van der Waals surface area contributed by atoms with E-state index in [9.17, 15) is 14.4 Å². The van der Waals surface area contributed by atoms with Crippen molar-refractivity contribution >= 4 is 34.9 Å². The Morgan fingerprint density at radius 3 is 2.05 bits per heavy atom. The molecule has 0 atom stereocenters. The van der Waals surface area contributed by atoms with Crippen LogP contribution in [0.25, 0.3) is 0 Å². The summed E-state index contributed by atoms with van der Waals surface area (Å²) in [6.45, 7) is 7.46. The van der Waals surface area contributed by atoms with Gasteiger partial charge in [0.2, 0.25) is 5.91 Å². The van der Waals surface area contributed by atoms with Crippen LogP contribution >= 0.6 is 0 Å². The number of anilines is 3. The predicted octanol–water partition coefficient (Wildman–Crippen LogP) is 4.27. The number of piperidine rings is 1. The molecule has 0 unspecified atom stereocenters. The van der Waals surface area contributed by atoms with E-state index in [2.05, 4.69) is 15.5 Å². The third-order valence-corrected chi connectivity index (χ3v) is 6.91. The largest absolute Gasteiger partial charge is 0.497 e. The fourth-order valence-corrected chi connectivity index (χ4v) is 4.64. The average Bonchev–Trinajstić information content (AvgIpc) is 2.93. The van der Waals surface area contributed by atoms with Gasteiger partial charge in [0.1, 0.15) is 5.75 Å². The van der Waals surface area contributed by atoms with Gasteiger partial charge >= 0.3 is 6.03 Å². The van der Waals surface area contributed by atoms with Gasteiger partial charge < -0.3 is 30.1 Å². The van der Waals surface area contributed by atoms with Gasteiger partial charge in [-0.15, -0.1) is 0 Å². The SMILES string of the molecule is COc1ccc(NC(=O)N2CCN(c3ccc(NC(=O)C(C)C)cc3C(=O)N3CCCCC3)CC2)cc1. The van der Waals surface area contributed by atoms with E-state index in [1.165, 1.54) is 0 Å². The van der Waals surface area contributed by atoms with Gasteiger partial charge in [0, 0.05) is 62.2 Å². The number of piperazine rings is 1. The van der Waals surface area contributed by atoms with Crippen molar-refractivity contribution in [2.45, 2.75) is 33.1 Å². The van der Waals surface area contributed by atoms with Crippen molar-refractivity contribution in [2.75, 3.05) is 61.9 Å². The van der Waals surface area contributed by atoms with E-state index in [4.69, 9.17) is 4.74 Å². The van der Waals surface area contributed by atoms with E-state index in [1.807, 2.05) is 55.1 Å². The van der Waals surface area contributed by atoms with Crippen LogP contribution in [0, 0.1) is 5.92 Å². The van der Waals surface area contributed by atoms with E-state index < -0.39 is 0 Å². The molecule has 2 saturated heterocycles. The van der Waals surface area contributed by atoms with Crippen LogP contribution in [0.2, 0.25) is 0 Å². The number of nitrogens with one attached hydrogen (secondary N) is 2. The van der Waals surface area contributed by atoms with Crippen molar-refractivity contribution in [3.05, 3.63) is 48.0 Å². The normalized spacial score (nSPS) is 15.9. The highest BCUT2D eigenvalue weighted by atomic mass is 16.5. The Labute approximate surface area is 218 Å². The van der Waals surface area contributed by atoms with Gasteiger partial charge in [0.05, 0.1) is 12.7 Å². The van der Waals surface area contributed by atoms with Gasteiger partial charge in [-0.3, -0.25) is 9.59 Å². The van der Waals surface area contributed by atoms with E-state index in [0.717, 1.165) is 43.8 Å². The van der Waals surface area contributed by atoms with Gasteiger partial charge in [-0.05, 0) is 61.7 Å². The van der Waals surface area contributed by atoms with Crippen molar-refractivity contribution in [3.8, 4) is 5.75 Å². The molecule has 0 bridgehead atoms. The Morgan fingerprint density at radius 1 is 0.784 bits per heavy atom. The lowest BCUT2D eigenvalue weighted by Gasteiger charge is -2.37. The number of hydrogen-bond donors (Lipinski definition) is 2. The first kappa shape index (κ1) is 26.3. The fraction of sp³-hybridized carbons (Fsp3) is 0.464. The van der Waals surface area contributed by atoms with E-state index in [-0.39, 0.29) is 23.8 Å². The number of nitrogens with zero attached hydrogens (tertiary/aromatic N) is 3. The molecule has 9 nitrogen and oxygen atoms in total. The molecule has 2 aromatic carbocycles. The molecule has 2 aliphatic heterocycles. The van der Waals surface area contributed by atoms with Crippen LogP contribution in [0.3, 0.4) is 0 Å². The minimum absolute atomic E-state index is 0.00461. The summed E-state index contributed by atoms with van der Waals surface area (Å²) in [4.78, 5) is 44.5. The van der Waals surface area contributed by atoms with Crippen LogP contribution in [0.4, 0.5) is 21.9 Å². The molecule has 37 heavy (non-hydrogen) atoms. The van der Waals surface area contributed by atoms with Crippen LogP contribution in [-0.4, -0.2) is 74.0 Å². The van der Waals surface area contributed by atoms with Gasteiger partial charge in [0.15, 0.2) is 0 Å². The van der Waals surface area contributed by atoms with Gasteiger partial charge in [-0.2, -0.15) is 0 Å². The molecule has 9 heteroatoms. The third-order valence-electron chi connectivity index (χ3n) is 6.91.